The average Bonchev–Trinajstić information content (AvgIpc) is 2.74. The summed E-state index contributed by atoms with van der Waals surface area (Å²) in [7, 11) is 1.87. The van der Waals surface area contributed by atoms with E-state index < -0.39 is 28.2 Å². The normalized spacial score (nSPS) is 11.6. The van der Waals surface area contributed by atoms with Gasteiger partial charge < -0.3 is 9.52 Å². The highest BCUT2D eigenvalue weighted by atomic mass is 79.9. The molecule has 1 aliphatic carbocycles. The Bertz CT molecular complexity index is 1440. The van der Waals surface area contributed by atoms with Gasteiger partial charge in [0.05, 0.1) is 8.95 Å². The van der Waals surface area contributed by atoms with Crippen LogP contribution in [0.15, 0.2) is 39.2 Å². The molecular weight excluding hydrogens is 696 g/mol. The van der Waals surface area contributed by atoms with Crippen molar-refractivity contribution in [3.05, 3.63) is 63.3 Å². The summed E-state index contributed by atoms with van der Waals surface area (Å²) in [6, 6.07) is 2.90. The quantitative estimate of drug-likeness (QED) is 0.127. The Hall–Kier alpha value is -0.930. The molecule has 160 valence electrons. The minimum absolute atomic E-state index is 0.0427. The first kappa shape index (κ1) is 23.2. The SMILES string of the molecule is Cc1c(F)c(F)c(P)c(F)c1-c1c2cc(Br)c(=O)c(Br)c-2oc2c(Br)c(O)c(Br)cc12. The second-order valence-electron chi connectivity index (χ2n) is 6.61. The summed E-state index contributed by atoms with van der Waals surface area (Å²) in [6.07, 6.45) is 0. The Balaban J connectivity index is 2.39. The zero-order valence-electron chi connectivity index (χ0n) is 15.1. The third kappa shape index (κ3) is 3.41. The molecule has 0 bridgehead atoms. The van der Waals surface area contributed by atoms with E-state index in [1.54, 1.807) is 0 Å². The first-order valence-corrected chi connectivity index (χ1v) is 12.1. The Morgan fingerprint density at radius 3 is 2.23 bits per heavy atom. The van der Waals surface area contributed by atoms with E-state index in [1.807, 2.05) is 9.24 Å². The highest BCUT2D eigenvalue weighted by molar-refractivity contribution is 9.11. The van der Waals surface area contributed by atoms with Crippen molar-refractivity contribution in [2.75, 3.05) is 0 Å². The Kier molecular flexibility index (Phi) is 6.10. The molecule has 0 saturated carbocycles. The molecule has 1 aliphatic heterocycles. The van der Waals surface area contributed by atoms with Crippen molar-refractivity contribution in [2.24, 2.45) is 0 Å². The molecule has 2 aromatic carbocycles. The molecule has 0 aromatic heterocycles. The molecule has 0 fully saturated rings. The largest absolute Gasteiger partial charge is 0.505 e. The predicted octanol–water partition coefficient (Wildman–Crippen LogP) is 7.55. The molecule has 1 atom stereocenters. The fourth-order valence-electron chi connectivity index (χ4n) is 3.35. The lowest BCUT2D eigenvalue weighted by Gasteiger charge is -2.21. The van der Waals surface area contributed by atoms with Crippen LogP contribution in [0.25, 0.3) is 33.4 Å². The molecule has 0 spiro atoms. The first-order valence-electron chi connectivity index (χ1n) is 8.35. The molecule has 0 amide bonds. The van der Waals surface area contributed by atoms with E-state index in [0.29, 0.717) is 5.39 Å². The monoisotopic (exact) mass is 700 g/mol. The van der Waals surface area contributed by atoms with Crippen LogP contribution in [0.3, 0.4) is 0 Å². The second-order valence-corrected chi connectivity index (χ2v) is 10.5. The van der Waals surface area contributed by atoms with Gasteiger partial charge in [0.15, 0.2) is 23.0 Å². The van der Waals surface area contributed by atoms with E-state index in [1.165, 1.54) is 19.1 Å². The van der Waals surface area contributed by atoms with Crippen LogP contribution in [-0.4, -0.2) is 5.11 Å². The smallest absolute Gasteiger partial charge is 0.210 e. The predicted molar refractivity (Wildman–Crippen MR) is 131 cm³/mol. The van der Waals surface area contributed by atoms with Crippen LogP contribution in [0.4, 0.5) is 13.2 Å². The maximum Gasteiger partial charge on any atom is 0.210 e. The van der Waals surface area contributed by atoms with Crippen molar-refractivity contribution in [2.45, 2.75) is 6.92 Å². The van der Waals surface area contributed by atoms with E-state index in [2.05, 4.69) is 63.7 Å². The number of aromatic hydroxyl groups is 1. The van der Waals surface area contributed by atoms with Crippen molar-refractivity contribution in [1.82, 2.24) is 0 Å². The lowest BCUT2D eigenvalue weighted by molar-refractivity contribution is 0.467. The molecule has 4 rings (SSSR count). The van der Waals surface area contributed by atoms with Crippen LogP contribution in [-0.2, 0) is 0 Å². The standard InChI is InChI=1S/C20H8Br4F3O3P/c1-4-9(14(26)20(31)15(27)13(4)25)10-5-2-7(21)16(28)11(23)18(5)30-19-6(10)3-8(22)17(29)12(19)24/h2-3,28H,31H2,1H3. The zero-order valence-corrected chi connectivity index (χ0v) is 22.6. The van der Waals surface area contributed by atoms with Crippen LogP contribution >= 0.6 is 73.0 Å². The molecule has 1 N–H and O–H groups in total. The van der Waals surface area contributed by atoms with E-state index in [4.69, 9.17) is 4.42 Å². The van der Waals surface area contributed by atoms with E-state index >= 15 is 4.39 Å². The number of hydrogen-bond acceptors (Lipinski definition) is 3. The summed E-state index contributed by atoms with van der Waals surface area (Å²) in [5.41, 5.74) is -0.359. The van der Waals surface area contributed by atoms with Crippen molar-refractivity contribution < 1.29 is 22.7 Å². The second kappa shape index (κ2) is 8.13. The van der Waals surface area contributed by atoms with Crippen molar-refractivity contribution in [1.29, 1.82) is 0 Å². The van der Waals surface area contributed by atoms with Gasteiger partial charge in [-0.05, 0) is 88.3 Å². The van der Waals surface area contributed by atoms with E-state index in [0.717, 1.165) is 0 Å². The number of fused-ring (bicyclic) bond motifs is 2. The summed E-state index contributed by atoms with van der Waals surface area (Å²) in [4.78, 5) is 12.4. The number of phenolic OH excluding ortho intramolecular Hbond substituents is 1. The first-order chi connectivity index (χ1) is 14.5. The third-order valence-corrected chi connectivity index (χ3v) is 8.02. The van der Waals surface area contributed by atoms with Gasteiger partial charge in [-0.3, -0.25) is 4.79 Å². The molecule has 31 heavy (non-hydrogen) atoms. The zero-order chi connectivity index (χ0) is 22.9. The van der Waals surface area contributed by atoms with Gasteiger partial charge in [-0.15, -0.1) is 0 Å². The fraction of sp³-hybridized carbons (Fsp3) is 0.0500. The summed E-state index contributed by atoms with van der Waals surface area (Å²) in [5.74, 6) is -3.62. The number of hydrogen-bond donors (Lipinski definition) is 1. The molecule has 1 unspecified atom stereocenters. The minimum atomic E-state index is -1.30. The minimum Gasteiger partial charge on any atom is -0.505 e. The van der Waals surface area contributed by atoms with Gasteiger partial charge in [-0.25, -0.2) is 13.2 Å². The molecule has 0 radical (unpaired) electrons. The lowest BCUT2D eigenvalue weighted by atomic mass is 9.90. The lowest BCUT2D eigenvalue weighted by Crippen LogP contribution is -2.14. The van der Waals surface area contributed by atoms with Crippen molar-refractivity contribution >= 4 is 89.2 Å². The number of benzene rings is 3. The number of halogens is 7. The van der Waals surface area contributed by atoms with Crippen LogP contribution < -0.4 is 10.7 Å². The van der Waals surface area contributed by atoms with Crippen molar-refractivity contribution in [3.8, 4) is 28.2 Å². The summed E-state index contributed by atoms with van der Waals surface area (Å²) >= 11 is 12.9. The van der Waals surface area contributed by atoms with Gasteiger partial charge in [0, 0.05) is 27.4 Å². The molecule has 11 heteroatoms. The van der Waals surface area contributed by atoms with Gasteiger partial charge >= 0.3 is 0 Å². The van der Waals surface area contributed by atoms with Gasteiger partial charge in [-0.1, -0.05) is 9.24 Å². The maximum atomic E-state index is 15.4. The highest BCUT2D eigenvalue weighted by Crippen LogP contribution is 2.49. The molecule has 1 heterocycles. The number of phenols is 1. The van der Waals surface area contributed by atoms with E-state index in [-0.39, 0.29) is 57.2 Å². The maximum absolute atomic E-state index is 15.4. The highest BCUT2D eigenvalue weighted by Gasteiger charge is 2.30. The van der Waals surface area contributed by atoms with Crippen LogP contribution in [0.2, 0.25) is 0 Å². The Morgan fingerprint density at radius 1 is 0.935 bits per heavy atom. The molecule has 2 aliphatic rings. The van der Waals surface area contributed by atoms with Crippen LogP contribution in [0, 0.1) is 24.4 Å². The summed E-state index contributed by atoms with van der Waals surface area (Å²) < 4.78 is 50.7. The number of rotatable bonds is 1. The molecular formula is C20H8Br4F3O3P. The molecule has 3 nitrogen and oxygen atoms in total. The average molecular weight is 704 g/mol. The van der Waals surface area contributed by atoms with Gasteiger partial charge in [0.1, 0.15) is 20.5 Å². The van der Waals surface area contributed by atoms with Crippen molar-refractivity contribution in [3.63, 3.8) is 0 Å². The van der Waals surface area contributed by atoms with Gasteiger partial charge in [0.2, 0.25) is 5.43 Å². The Labute approximate surface area is 209 Å². The topological polar surface area (TPSA) is 50.4 Å². The van der Waals surface area contributed by atoms with Crippen LogP contribution in [0.5, 0.6) is 5.75 Å². The molecule has 0 saturated heterocycles. The fourth-order valence-corrected chi connectivity index (χ4v) is 6.02. The summed E-state index contributed by atoms with van der Waals surface area (Å²) in [6.45, 7) is 1.26. The Morgan fingerprint density at radius 2 is 1.58 bits per heavy atom. The van der Waals surface area contributed by atoms with Gasteiger partial charge in [-0.2, -0.15) is 0 Å². The van der Waals surface area contributed by atoms with Gasteiger partial charge in [0.25, 0.3) is 0 Å². The van der Waals surface area contributed by atoms with Crippen LogP contribution in [0.1, 0.15) is 5.56 Å². The molecule has 2 aromatic rings. The third-order valence-electron chi connectivity index (χ3n) is 4.86. The van der Waals surface area contributed by atoms with E-state index in [9.17, 15) is 18.7 Å². The summed E-state index contributed by atoms with van der Waals surface area (Å²) in [5, 5.41) is 10.0.